The van der Waals surface area contributed by atoms with Crippen molar-refractivity contribution in [3.63, 3.8) is 0 Å². The molecule has 0 saturated heterocycles. The first kappa shape index (κ1) is 32.4. The van der Waals surface area contributed by atoms with E-state index < -0.39 is 0 Å². The minimum atomic E-state index is 1.12. The summed E-state index contributed by atoms with van der Waals surface area (Å²) in [5.74, 6) is 0. The average Bonchev–Trinajstić information content (AvgIpc) is 3.66. The first-order valence-corrected chi connectivity index (χ1v) is 20.0. The first-order chi connectivity index (χ1) is 27.8. The van der Waals surface area contributed by atoms with Gasteiger partial charge >= 0.3 is 0 Å². The molecule has 0 aliphatic heterocycles. The number of anilines is 3. The smallest absolute Gasteiger partial charge is 0.0555 e. The number of nitrogens with zero attached hydrogens (tertiary/aromatic N) is 1. The Bertz CT molecular complexity index is 3240. The van der Waals surface area contributed by atoms with Crippen LogP contribution in [0.25, 0.3) is 85.9 Å². The number of hydrogen-bond acceptors (Lipinski definition) is 2. The Labute approximate surface area is 330 Å². The van der Waals surface area contributed by atoms with Gasteiger partial charge in [-0.05, 0) is 96.7 Å². The lowest BCUT2D eigenvalue weighted by molar-refractivity contribution is 1.32. The van der Waals surface area contributed by atoms with Crippen molar-refractivity contribution >= 4 is 80.9 Å². The van der Waals surface area contributed by atoms with Gasteiger partial charge in [0.25, 0.3) is 0 Å². The molecular weight excluding hydrogens is 695 g/mol. The highest BCUT2D eigenvalue weighted by Gasteiger charge is 2.24. The van der Waals surface area contributed by atoms with Crippen LogP contribution in [0.5, 0.6) is 0 Å². The fraction of sp³-hybridized carbons (Fsp3) is 0. The largest absolute Gasteiger partial charge is 0.309 e. The fourth-order valence-electron chi connectivity index (χ4n) is 8.83. The van der Waals surface area contributed by atoms with Crippen molar-refractivity contribution in [2.24, 2.45) is 0 Å². The van der Waals surface area contributed by atoms with Crippen molar-refractivity contribution in [3.8, 4) is 33.4 Å². The number of fused-ring (bicyclic) bond motifs is 7. The number of thiophene rings is 1. The van der Waals surface area contributed by atoms with E-state index in [1.165, 1.54) is 91.6 Å². The molecule has 11 rings (SSSR count). The molecule has 0 radical (unpaired) electrons. The topological polar surface area (TPSA) is 3.24 Å². The third-order valence-electron chi connectivity index (χ3n) is 11.2. The monoisotopic (exact) mass is 729 g/mol. The summed E-state index contributed by atoms with van der Waals surface area (Å²) >= 11 is 1.86. The summed E-state index contributed by atoms with van der Waals surface area (Å²) < 4.78 is 2.57. The molecule has 1 aromatic heterocycles. The summed E-state index contributed by atoms with van der Waals surface area (Å²) in [7, 11) is 0. The van der Waals surface area contributed by atoms with Crippen molar-refractivity contribution in [2.45, 2.75) is 0 Å². The molecule has 0 spiro atoms. The molecule has 1 nitrogen and oxygen atoms in total. The molecule has 0 saturated carbocycles. The lowest BCUT2D eigenvalue weighted by atomic mass is 9.85. The van der Waals surface area contributed by atoms with E-state index >= 15 is 0 Å². The molecule has 0 aliphatic rings. The van der Waals surface area contributed by atoms with Gasteiger partial charge in [0.05, 0.1) is 11.4 Å². The van der Waals surface area contributed by atoms with Crippen molar-refractivity contribution in [1.29, 1.82) is 0 Å². The van der Waals surface area contributed by atoms with E-state index in [1.54, 1.807) is 0 Å². The van der Waals surface area contributed by atoms with Crippen LogP contribution in [0.2, 0.25) is 0 Å². The summed E-state index contributed by atoms with van der Waals surface area (Å²) in [6.07, 6.45) is 0. The summed E-state index contributed by atoms with van der Waals surface area (Å²) in [5, 5.41) is 9.96. The molecule has 0 N–H and O–H groups in total. The van der Waals surface area contributed by atoms with Gasteiger partial charge in [-0.1, -0.05) is 176 Å². The quantitative estimate of drug-likeness (QED) is 0.154. The van der Waals surface area contributed by atoms with Crippen LogP contribution in [0, 0.1) is 0 Å². The SMILES string of the molecule is c1ccc(-c2ccc(N(c3ccc4c(c3)c(-c3ccccc3)c(-c3ccccc3)c3ccccc34)c3cccc4sc5ccccc5c34)c3ccccc23)cc1. The molecule has 0 atom stereocenters. The van der Waals surface area contributed by atoms with Gasteiger partial charge < -0.3 is 4.90 Å². The molecule has 262 valence electrons. The molecule has 0 fully saturated rings. The molecule has 0 unspecified atom stereocenters. The van der Waals surface area contributed by atoms with Gasteiger partial charge in [0.15, 0.2) is 0 Å². The van der Waals surface area contributed by atoms with Gasteiger partial charge in [0, 0.05) is 31.2 Å². The number of benzene rings is 10. The van der Waals surface area contributed by atoms with Crippen LogP contribution in [0.3, 0.4) is 0 Å². The van der Waals surface area contributed by atoms with Gasteiger partial charge in [0.2, 0.25) is 0 Å². The second-order valence-electron chi connectivity index (χ2n) is 14.4. The third kappa shape index (κ3) is 5.22. The van der Waals surface area contributed by atoms with E-state index in [-0.39, 0.29) is 0 Å². The highest BCUT2D eigenvalue weighted by Crippen LogP contribution is 2.50. The van der Waals surface area contributed by atoms with Crippen LogP contribution in [-0.4, -0.2) is 0 Å². The minimum absolute atomic E-state index is 1.12. The molecular formula is C54H35NS. The van der Waals surface area contributed by atoms with Crippen molar-refractivity contribution in [3.05, 3.63) is 212 Å². The Morgan fingerprint density at radius 3 is 1.55 bits per heavy atom. The third-order valence-corrected chi connectivity index (χ3v) is 12.4. The van der Waals surface area contributed by atoms with E-state index in [1.807, 2.05) is 11.3 Å². The van der Waals surface area contributed by atoms with Gasteiger partial charge in [-0.2, -0.15) is 0 Å². The van der Waals surface area contributed by atoms with Crippen LogP contribution in [-0.2, 0) is 0 Å². The van der Waals surface area contributed by atoms with Gasteiger partial charge in [-0.15, -0.1) is 11.3 Å². The molecule has 2 heteroatoms. The van der Waals surface area contributed by atoms with Crippen LogP contribution in [0.4, 0.5) is 17.1 Å². The predicted molar refractivity (Wildman–Crippen MR) is 243 cm³/mol. The second kappa shape index (κ2) is 13.4. The Hall–Kier alpha value is -7.00. The highest BCUT2D eigenvalue weighted by molar-refractivity contribution is 7.26. The zero-order valence-corrected chi connectivity index (χ0v) is 31.4. The summed E-state index contributed by atoms with van der Waals surface area (Å²) in [6, 6.07) is 77.8. The molecule has 0 amide bonds. The maximum absolute atomic E-state index is 2.52. The second-order valence-corrected chi connectivity index (χ2v) is 15.5. The normalized spacial score (nSPS) is 11.6. The Kier molecular flexibility index (Phi) is 7.75. The van der Waals surface area contributed by atoms with E-state index in [4.69, 9.17) is 0 Å². The molecule has 1 heterocycles. The van der Waals surface area contributed by atoms with Crippen LogP contribution in [0.1, 0.15) is 0 Å². The molecule has 0 bridgehead atoms. The number of hydrogen-bond donors (Lipinski definition) is 0. The van der Waals surface area contributed by atoms with Crippen molar-refractivity contribution < 1.29 is 0 Å². The van der Waals surface area contributed by atoms with Crippen LogP contribution in [0.15, 0.2) is 212 Å². The maximum Gasteiger partial charge on any atom is 0.0555 e. The van der Waals surface area contributed by atoms with Crippen molar-refractivity contribution in [2.75, 3.05) is 4.90 Å². The summed E-state index contributed by atoms with van der Waals surface area (Å²) in [4.78, 5) is 2.52. The Morgan fingerprint density at radius 2 is 0.839 bits per heavy atom. The zero-order valence-electron chi connectivity index (χ0n) is 30.6. The van der Waals surface area contributed by atoms with E-state index in [0.29, 0.717) is 0 Å². The fourth-order valence-corrected chi connectivity index (χ4v) is 9.95. The van der Waals surface area contributed by atoms with Gasteiger partial charge in [0.1, 0.15) is 0 Å². The lowest BCUT2D eigenvalue weighted by Crippen LogP contribution is -2.11. The van der Waals surface area contributed by atoms with E-state index in [2.05, 4.69) is 217 Å². The van der Waals surface area contributed by atoms with E-state index in [0.717, 1.165) is 11.4 Å². The first-order valence-electron chi connectivity index (χ1n) is 19.2. The molecule has 0 aliphatic carbocycles. The van der Waals surface area contributed by atoms with Crippen LogP contribution < -0.4 is 4.90 Å². The molecule has 10 aromatic carbocycles. The summed E-state index contributed by atoms with van der Waals surface area (Å²) in [5.41, 5.74) is 10.8. The van der Waals surface area contributed by atoms with Gasteiger partial charge in [-0.25, -0.2) is 0 Å². The number of rotatable bonds is 6. The maximum atomic E-state index is 2.52. The lowest BCUT2D eigenvalue weighted by Gasteiger charge is -2.29. The Balaban J connectivity index is 1.27. The zero-order chi connectivity index (χ0) is 37.0. The highest BCUT2D eigenvalue weighted by atomic mass is 32.1. The molecule has 56 heavy (non-hydrogen) atoms. The van der Waals surface area contributed by atoms with E-state index in [9.17, 15) is 0 Å². The predicted octanol–water partition coefficient (Wildman–Crippen LogP) is 16.0. The van der Waals surface area contributed by atoms with Gasteiger partial charge in [-0.3, -0.25) is 0 Å². The standard InChI is InChI=1S/C54H35NS/c1-4-17-36(18-5-1)40-33-34-48(44-25-12-10-23-41(40)44)55(49-28-16-30-51-54(49)46-27-14-15-29-50(46)56-51)39-31-32-43-42-24-11-13-26-45(42)52(37-19-6-2-7-20-37)53(47(43)35-39)38-21-8-3-9-22-38/h1-35H. The van der Waals surface area contributed by atoms with Crippen LogP contribution >= 0.6 is 11.3 Å². The summed E-state index contributed by atoms with van der Waals surface area (Å²) in [6.45, 7) is 0. The van der Waals surface area contributed by atoms with Crippen molar-refractivity contribution in [1.82, 2.24) is 0 Å². The average molecular weight is 730 g/mol. The minimum Gasteiger partial charge on any atom is -0.309 e. The molecule has 11 aromatic rings. The Morgan fingerprint density at radius 1 is 0.304 bits per heavy atom.